The molecular weight excluding hydrogens is 352 g/mol. The summed E-state index contributed by atoms with van der Waals surface area (Å²) in [6.45, 7) is 0. The third kappa shape index (κ3) is 3.40. The molecule has 0 fully saturated rings. The van der Waals surface area contributed by atoms with E-state index in [9.17, 15) is 4.79 Å². The quantitative estimate of drug-likeness (QED) is 0.377. The van der Waals surface area contributed by atoms with Gasteiger partial charge in [0.1, 0.15) is 0 Å². The minimum atomic E-state index is 0.169. The molecule has 5 rings (SSSR count). The van der Waals surface area contributed by atoms with Gasteiger partial charge in [0.05, 0.1) is 0 Å². The van der Waals surface area contributed by atoms with Crippen LogP contribution in [-0.2, 0) is 19.3 Å². The third-order valence-corrected chi connectivity index (χ3v) is 5.83. The highest BCUT2D eigenvalue weighted by Crippen LogP contribution is 2.33. The fraction of sp³-hybridized carbons (Fsp3) is 0.107. The van der Waals surface area contributed by atoms with Crippen LogP contribution in [0.2, 0.25) is 0 Å². The van der Waals surface area contributed by atoms with Crippen molar-refractivity contribution in [3.05, 3.63) is 142 Å². The molecule has 1 nitrogen and oxygen atoms in total. The summed E-state index contributed by atoms with van der Waals surface area (Å²) in [5.74, 6) is 0.169. The van der Waals surface area contributed by atoms with Crippen molar-refractivity contribution in [1.29, 1.82) is 0 Å². The zero-order valence-electron chi connectivity index (χ0n) is 16.3. The molecule has 0 N–H and O–H groups in total. The Labute approximate surface area is 171 Å². The van der Waals surface area contributed by atoms with E-state index in [1.54, 1.807) is 0 Å². The highest BCUT2D eigenvalue weighted by Gasteiger charge is 2.27. The number of rotatable bonds is 4. The van der Waals surface area contributed by atoms with Crippen molar-refractivity contribution in [3.63, 3.8) is 0 Å². The molecule has 1 aliphatic carbocycles. The first-order valence-corrected chi connectivity index (χ1v) is 10.1. The molecule has 0 bridgehead atoms. The van der Waals surface area contributed by atoms with Crippen LogP contribution in [-0.4, -0.2) is 5.78 Å². The van der Waals surface area contributed by atoms with Gasteiger partial charge in [0.2, 0.25) is 0 Å². The van der Waals surface area contributed by atoms with Crippen LogP contribution in [0.3, 0.4) is 0 Å². The summed E-state index contributed by atoms with van der Waals surface area (Å²) in [6, 6.07) is 33.4. The Hall–Kier alpha value is -3.45. The van der Waals surface area contributed by atoms with Gasteiger partial charge < -0.3 is 0 Å². The highest BCUT2D eigenvalue weighted by atomic mass is 16.1. The normalized spacial score (nSPS) is 12.3. The van der Waals surface area contributed by atoms with Crippen molar-refractivity contribution >= 4 is 5.78 Å². The Morgan fingerprint density at radius 3 is 1.93 bits per heavy atom. The second-order valence-electron chi connectivity index (χ2n) is 7.73. The summed E-state index contributed by atoms with van der Waals surface area (Å²) in [5.41, 5.74) is 8.98. The van der Waals surface area contributed by atoms with Crippen LogP contribution in [0.5, 0.6) is 0 Å². The fourth-order valence-corrected chi connectivity index (χ4v) is 4.39. The molecule has 0 aromatic heterocycles. The molecule has 1 heteroatoms. The maximum Gasteiger partial charge on any atom is 0.193 e. The number of carbonyl (C=O) groups is 1. The monoisotopic (exact) mass is 374 g/mol. The average molecular weight is 374 g/mol. The second kappa shape index (κ2) is 7.52. The summed E-state index contributed by atoms with van der Waals surface area (Å²) in [7, 11) is 0. The van der Waals surface area contributed by atoms with Crippen LogP contribution in [0.4, 0.5) is 0 Å². The molecule has 4 aromatic carbocycles. The van der Waals surface area contributed by atoms with Crippen molar-refractivity contribution in [2.45, 2.75) is 19.3 Å². The van der Waals surface area contributed by atoms with Crippen LogP contribution >= 0.6 is 0 Å². The molecule has 0 saturated heterocycles. The van der Waals surface area contributed by atoms with Gasteiger partial charge in [-0.05, 0) is 52.6 Å². The van der Waals surface area contributed by atoms with Crippen molar-refractivity contribution < 1.29 is 4.79 Å². The third-order valence-electron chi connectivity index (χ3n) is 5.83. The minimum absolute atomic E-state index is 0.169. The SMILES string of the molecule is O=C1c2ccccc2Cc2ccc(Cc3ccccc3)c(Cc3ccccc3)c21. The largest absolute Gasteiger partial charge is 0.289 e. The van der Waals surface area contributed by atoms with Crippen LogP contribution < -0.4 is 0 Å². The molecular formula is C28H22O. The van der Waals surface area contributed by atoms with Crippen molar-refractivity contribution in [2.75, 3.05) is 0 Å². The van der Waals surface area contributed by atoms with E-state index >= 15 is 0 Å². The van der Waals surface area contributed by atoms with Gasteiger partial charge in [-0.25, -0.2) is 0 Å². The van der Waals surface area contributed by atoms with E-state index in [1.807, 2.05) is 30.3 Å². The molecule has 0 radical (unpaired) electrons. The lowest BCUT2D eigenvalue weighted by Gasteiger charge is -2.24. The lowest BCUT2D eigenvalue weighted by atomic mass is 9.79. The lowest BCUT2D eigenvalue weighted by Crippen LogP contribution is -2.19. The summed E-state index contributed by atoms with van der Waals surface area (Å²) in [6.07, 6.45) is 2.44. The van der Waals surface area contributed by atoms with Crippen molar-refractivity contribution in [2.24, 2.45) is 0 Å². The molecule has 0 amide bonds. The number of ketones is 1. The predicted molar refractivity (Wildman–Crippen MR) is 118 cm³/mol. The average Bonchev–Trinajstić information content (AvgIpc) is 2.77. The Kier molecular flexibility index (Phi) is 4.57. The summed E-state index contributed by atoms with van der Waals surface area (Å²) >= 11 is 0. The van der Waals surface area contributed by atoms with Gasteiger partial charge >= 0.3 is 0 Å². The molecule has 29 heavy (non-hydrogen) atoms. The summed E-state index contributed by atoms with van der Waals surface area (Å²) in [4.78, 5) is 13.5. The zero-order chi connectivity index (χ0) is 19.6. The minimum Gasteiger partial charge on any atom is -0.289 e. The molecule has 0 heterocycles. The van der Waals surface area contributed by atoms with Gasteiger partial charge in [0, 0.05) is 11.1 Å². The van der Waals surface area contributed by atoms with Gasteiger partial charge in [-0.15, -0.1) is 0 Å². The van der Waals surface area contributed by atoms with E-state index in [1.165, 1.54) is 22.3 Å². The number of benzene rings is 4. The van der Waals surface area contributed by atoms with Crippen LogP contribution in [0.15, 0.2) is 97.1 Å². The predicted octanol–water partition coefficient (Wildman–Crippen LogP) is 6.00. The van der Waals surface area contributed by atoms with Gasteiger partial charge in [-0.2, -0.15) is 0 Å². The molecule has 1 aliphatic rings. The molecule has 0 aliphatic heterocycles. The summed E-state index contributed by atoms with van der Waals surface area (Å²) < 4.78 is 0. The number of hydrogen-bond acceptors (Lipinski definition) is 1. The molecule has 0 unspecified atom stereocenters. The van der Waals surface area contributed by atoms with Crippen LogP contribution in [0.25, 0.3) is 0 Å². The number of fused-ring (bicyclic) bond motifs is 2. The van der Waals surface area contributed by atoms with E-state index < -0.39 is 0 Å². The molecule has 140 valence electrons. The molecule has 0 spiro atoms. The molecule has 4 aromatic rings. The Bertz CT molecular complexity index is 1170. The maximum absolute atomic E-state index is 13.5. The maximum atomic E-state index is 13.5. The van der Waals surface area contributed by atoms with Crippen molar-refractivity contribution in [3.8, 4) is 0 Å². The topological polar surface area (TPSA) is 17.1 Å². The van der Waals surface area contributed by atoms with E-state index in [0.29, 0.717) is 0 Å². The zero-order valence-corrected chi connectivity index (χ0v) is 16.3. The van der Waals surface area contributed by atoms with Crippen LogP contribution in [0.1, 0.15) is 49.3 Å². The van der Waals surface area contributed by atoms with E-state index in [0.717, 1.165) is 41.5 Å². The Morgan fingerprint density at radius 2 is 1.21 bits per heavy atom. The molecule has 0 saturated carbocycles. The van der Waals surface area contributed by atoms with Crippen LogP contribution in [0, 0.1) is 0 Å². The number of hydrogen-bond donors (Lipinski definition) is 0. The van der Waals surface area contributed by atoms with E-state index in [4.69, 9.17) is 0 Å². The Morgan fingerprint density at radius 1 is 0.586 bits per heavy atom. The Balaban J connectivity index is 1.65. The fourth-order valence-electron chi connectivity index (χ4n) is 4.39. The van der Waals surface area contributed by atoms with Crippen molar-refractivity contribution in [1.82, 2.24) is 0 Å². The smallest absolute Gasteiger partial charge is 0.193 e. The van der Waals surface area contributed by atoms with Gasteiger partial charge in [-0.1, -0.05) is 97.1 Å². The van der Waals surface area contributed by atoms with Gasteiger partial charge in [0.25, 0.3) is 0 Å². The lowest BCUT2D eigenvalue weighted by molar-refractivity contribution is 0.103. The standard InChI is InChI=1S/C28H22O/c29-28-25-14-8-7-13-22(25)19-24-16-15-23(17-20-9-3-1-4-10-20)26(27(24)28)18-21-11-5-2-6-12-21/h1-16H,17-19H2. The van der Waals surface area contributed by atoms with E-state index in [2.05, 4.69) is 66.7 Å². The van der Waals surface area contributed by atoms with E-state index in [-0.39, 0.29) is 5.78 Å². The molecule has 0 atom stereocenters. The first-order valence-electron chi connectivity index (χ1n) is 10.1. The highest BCUT2D eigenvalue weighted by molar-refractivity contribution is 6.13. The number of carbonyl (C=O) groups excluding carboxylic acids is 1. The first kappa shape index (κ1) is 17.6. The van der Waals surface area contributed by atoms with Gasteiger partial charge in [0.15, 0.2) is 5.78 Å². The van der Waals surface area contributed by atoms with Gasteiger partial charge in [-0.3, -0.25) is 4.79 Å². The summed E-state index contributed by atoms with van der Waals surface area (Å²) in [5, 5.41) is 0. The second-order valence-corrected chi connectivity index (χ2v) is 7.73. The first-order chi connectivity index (χ1) is 14.3.